The summed E-state index contributed by atoms with van der Waals surface area (Å²) in [5.74, 6) is 1.46. The fraction of sp³-hybridized carbons (Fsp3) is 0.267. The first-order valence-electron chi connectivity index (χ1n) is 12.3. The third-order valence-corrected chi connectivity index (χ3v) is 7.04. The van der Waals surface area contributed by atoms with Gasteiger partial charge in [0, 0.05) is 42.3 Å². The molecule has 0 aliphatic heterocycles. The molecule has 1 aliphatic carbocycles. The highest BCUT2D eigenvalue weighted by Gasteiger charge is 2.54. The van der Waals surface area contributed by atoms with Gasteiger partial charge in [-0.3, -0.25) is 14.6 Å². The molecule has 5 rings (SSSR count). The Bertz CT molecular complexity index is 1530. The van der Waals surface area contributed by atoms with E-state index in [0.717, 1.165) is 10.9 Å². The number of benzene rings is 2. The maximum absolute atomic E-state index is 13.2. The van der Waals surface area contributed by atoms with Crippen molar-refractivity contribution in [3.63, 3.8) is 0 Å². The second-order valence-corrected chi connectivity index (χ2v) is 9.44. The van der Waals surface area contributed by atoms with Gasteiger partial charge < -0.3 is 14.2 Å². The Morgan fingerprint density at radius 1 is 0.895 bits per heavy atom. The predicted molar refractivity (Wildman–Crippen MR) is 139 cm³/mol. The van der Waals surface area contributed by atoms with E-state index in [0.29, 0.717) is 52.7 Å². The first kappa shape index (κ1) is 25.3. The number of aromatic nitrogens is 2. The third kappa shape index (κ3) is 4.94. The number of aryl methyl sites for hydroxylation is 1. The molecule has 0 unspecified atom stereocenters. The smallest absolute Gasteiger partial charge is 0.219 e. The first-order chi connectivity index (χ1) is 18.3. The second kappa shape index (κ2) is 10.2. The molecule has 4 aromatic rings. The van der Waals surface area contributed by atoms with E-state index in [-0.39, 0.29) is 30.2 Å². The van der Waals surface area contributed by atoms with E-state index in [1.54, 1.807) is 56.8 Å². The van der Waals surface area contributed by atoms with Crippen molar-refractivity contribution < 1.29 is 28.2 Å². The highest BCUT2D eigenvalue weighted by atomic mass is 19.1. The lowest BCUT2D eigenvalue weighted by Gasteiger charge is -2.15. The Hall–Kier alpha value is -4.33. The number of methoxy groups -OCH3 is 2. The molecule has 7 nitrogen and oxygen atoms in total. The zero-order valence-electron chi connectivity index (χ0n) is 21.4. The third-order valence-electron chi connectivity index (χ3n) is 7.04. The van der Waals surface area contributed by atoms with Gasteiger partial charge in [0.15, 0.2) is 23.1 Å². The molecule has 1 saturated carbocycles. The summed E-state index contributed by atoms with van der Waals surface area (Å²) < 4.78 is 30.0. The molecule has 8 heteroatoms. The minimum Gasteiger partial charge on any atom is -0.493 e. The fourth-order valence-electron chi connectivity index (χ4n) is 4.60. The lowest BCUT2D eigenvalue weighted by atomic mass is 9.87. The number of carbonyl (C=O) groups excluding carboxylic acids is 2. The van der Waals surface area contributed by atoms with Crippen molar-refractivity contribution in [3.8, 4) is 23.1 Å². The maximum Gasteiger partial charge on any atom is 0.219 e. The molecule has 0 spiro atoms. The number of carbonyl (C=O) groups is 2. The number of rotatable bonds is 10. The van der Waals surface area contributed by atoms with Crippen LogP contribution in [-0.4, -0.2) is 35.8 Å². The molecular weight excluding hydrogens is 487 g/mol. The van der Waals surface area contributed by atoms with Gasteiger partial charge in [-0.2, -0.15) is 0 Å². The Balaban J connectivity index is 1.31. The van der Waals surface area contributed by atoms with Crippen molar-refractivity contribution >= 4 is 22.5 Å². The first-order valence-corrected chi connectivity index (χ1v) is 12.3. The van der Waals surface area contributed by atoms with Crippen LogP contribution in [0, 0.1) is 18.2 Å². The zero-order chi connectivity index (χ0) is 26.9. The van der Waals surface area contributed by atoms with Gasteiger partial charge in [-0.25, -0.2) is 9.37 Å². The Kier molecular flexibility index (Phi) is 6.80. The van der Waals surface area contributed by atoms with Crippen molar-refractivity contribution in [2.24, 2.45) is 5.41 Å². The van der Waals surface area contributed by atoms with Crippen LogP contribution in [-0.2, 0) is 22.4 Å². The van der Waals surface area contributed by atoms with Crippen LogP contribution < -0.4 is 14.2 Å². The predicted octanol–water partition coefficient (Wildman–Crippen LogP) is 5.59. The summed E-state index contributed by atoms with van der Waals surface area (Å²) in [6.45, 7) is 1.81. The van der Waals surface area contributed by atoms with E-state index < -0.39 is 5.41 Å². The average Bonchev–Trinajstić information content (AvgIpc) is 3.73. The van der Waals surface area contributed by atoms with Crippen molar-refractivity contribution in [2.45, 2.75) is 32.6 Å². The molecule has 0 radical (unpaired) electrons. The Labute approximate surface area is 219 Å². The van der Waals surface area contributed by atoms with E-state index in [1.165, 1.54) is 12.1 Å². The molecule has 2 aromatic heterocycles. The van der Waals surface area contributed by atoms with Gasteiger partial charge in [0.25, 0.3) is 0 Å². The molecule has 0 amide bonds. The number of nitrogens with zero attached hydrogens (tertiary/aromatic N) is 2. The molecule has 0 saturated heterocycles. The molecule has 0 N–H and O–H groups in total. The number of hydrogen-bond acceptors (Lipinski definition) is 7. The van der Waals surface area contributed by atoms with E-state index in [4.69, 9.17) is 14.2 Å². The summed E-state index contributed by atoms with van der Waals surface area (Å²) in [6.07, 6.45) is 2.96. The number of halogens is 1. The van der Waals surface area contributed by atoms with Crippen LogP contribution >= 0.6 is 0 Å². The summed E-state index contributed by atoms with van der Waals surface area (Å²) in [4.78, 5) is 35.1. The average molecular weight is 515 g/mol. The molecule has 1 fully saturated rings. The van der Waals surface area contributed by atoms with Crippen molar-refractivity contribution in [1.29, 1.82) is 0 Å². The van der Waals surface area contributed by atoms with Gasteiger partial charge in [0.1, 0.15) is 11.6 Å². The maximum atomic E-state index is 13.2. The lowest BCUT2D eigenvalue weighted by molar-refractivity contribution is -0.133. The molecule has 0 bridgehead atoms. The second-order valence-electron chi connectivity index (χ2n) is 9.44. The van der Waals surface area contributed by atoms with Crippen LogP contribution in [0.1, 0.15) is 29.7 Å². The summed E-state index contributed by atoms with van der Waals surface area (Å²) >= 11 is 0. The monoisotopic (exact) mass is 514 g/mol. The number of pyridine rings is 2. The van der Waals surface area contributed by atoms with Crippen LogP contribution in [0.3, 0.4) is 0 Å². The zero-order valence-corrected chi connectivity index (χ0v) is 21.4. The van der Waals surface area contributed by atoms with Crippen LogP contribution in [0.5, 0.6) is 23.1 Å². The Morgan fingerprint density at radius 3 is 2.24 bits per heavy atom. The van der Waals surface area contributed by atoms with E-state index in [9.17, 15) is 14.0 Å². The van der Waals surface area contributed by atoms with Gasteiger partial charge in [0.2, 0.25) is 5.88 Å². The van der Waals surface area contributed by atoms with Gasteiger partial charge in [-0.05, 0) is 55.2 Å². The molecule has 0 atom stereocenters. The van der Waals surface area contributed by atoms with Gasteiger partial charge in [-0.1, -0.05) is 18.2 Å². The van der Waals surface area contributed by atoms with E-state index in [1.807, 2.05) is 13.0 Å². The highest BCUT2D eigenvalue weighted by Crippen LogP contribution is 2.49. The minimum absolute atomic E-state index is 0.107. The Morgan fingerprint density at radius 2 is 1.58 bits per heavy atom. The van der Waals surface area contributed by atoms with Gasteiger partial charge in [-0.15, -0.1) is 0 Å². The summed E-state index contributed by atoms with van der Waals surface area (Å²) in [6, 6.07) is 14.7. The van der Waals surface area contributed by atoms with Crippen LogP contribution in [0.2, 0.25) is 0 Å². The number of Topliss-reactive ketones (excluding diaryl/α,β-unsaturated/α-hetero) is 2. The molecule has 2 aromatic carbocycles. The molecule has 1 aliphatic rings. The topological polar surface area (TPSA) is 87.6 Å². The van der Waals surface area contributed by atoms with Crippen molar-refractivity contribution in [2.75, 3.05) is 14.2 Å². The fourth-order valence-corrected chi connectivity index (χ4v) is 4.60. The van der Waals surface area contributed by atoms with Crippen molar-refractivity contribution in [3.05, 3.63) is 83.4 Å². The van der Waals surface area contributed by atoms with E-state index in [2.05, 4.69) is 9.97 Å². The number of hydrogen-bond donors (Lipinski definition) is 0. The van der Waals surface area contributed by atoms with Crippen LogP contribution in [0.4, 0.5) is 4.39 Å². The minimum atomic E-state index is -0.952. The number of ether oxygens (including phenoxy) is 3. The van der Waals surface area contributed by atoms with Gasteiger partial charge in [0.05, 0.1) is 25.2 Å². The quantitative estimate of drug-likeness (QED) is 0.255. The number of ketones is 2. The summed E-state index contributed by atoms with van der Waals surface area (Å²) in [5, 5.41) is 0.735. The standard InChI is InChI=1S/C30H27FN2O5/c1-18-20(15-28(35)30(11-12-30)27(34)14-19-4-7-21(31)8-5-19)6-9-29(33-18)38-24-10-13-32-23-17-26(37-3)25(36-2)16-22(23)24/h4-10,13,16-17H,11-12,14-15H2,1-3H3. The largest absolute Gasteiger partial charge is 0.493 e. The normalized spacial score (nSPS) is 13.7. The van der Waals surface area contributed by atoms with Crippen LogP contribution in [0.15, 0.2) is 60.8 Å². The van der Waals surface area contributed by atoms with Gasteiger partial charge >= 0.3 is 0 Å². The lowest BCUT2D eigenvalue weighted by Crippen LogP contribution is -2.29. The van der Waals surface area contributed by atoms with Crippen molar-refractivity contribution in [1.82, 2.24) is 9.97 Å². The highest BCUT2D eigenvalue weighted by molar-refractivity contribution is 6.11. The molecular formula is C30H27FN2O5. The van der Waals surface area contributed by atoms with E-state index >= 15 is 0 Å². The summed E-state index contributed by atoms with van der Waals surface area (Å²) in [7, 11) is 3.13. The SMILES string of the molecule is COc1cc2nccc(Oc3ccc(CC(=O)C4(C(=O)Cc5ccc(F)cc5)CC4)c(C)n3)c2cc1OC. The number of fused-ring (bicyclic) bond motifs is 1. The summed E-state index contributed by atoms with van der Waals surface area (Å²) in [5.41, 5.74) is 1.82. The van der Waals surface area contributed by atoms with Crippen LogP contribution in [0.25, 0.3) is 10.9 Å². The molecule has 194 valence electrons. The molecule has 38 heavy (non-hydrogen) atoms. The molecule has 2 heterocycles.